The molecule has 2 rings (SSSR count). The summed E-state index contributed by atoms with van der Waals surface area (Å²) in [5, 5.41) is 7.00. The highest BCUT2D eigenvalue weighted by molar-refractivity contribution is 5.44. The van der Waals surface area contributed by atoms with E-state index < -0.39 is 0 Å². The van der Waals surface area contributed by atoms with Crippen LogP contribution in [0.3, 0.4) is 0 Å². The fourth-order valence-electron chi connectivity index (χ4n) is 1.50. The van der Waals surface area contributed by atoms with E-state index in [1.165, 1.54) is 11.1 Å². The van der Waals surface area contributed by atoms with Crippen molar-refractivity contribution >= 4 is 0 Å². The van der Waals surface area contributed by atoms with E-state index in [2.05, 4.69) is 62.1 Å². The van der Waals surface area contributed by atoms with Crippen LogP contribution in [0.4, 0.5) is 0 Å². The molecule has 0 bridgehead atoms. The van der Waals surface area contributed by atoms with Crippen LogP contribution in [-0.4, -0.2) is 12.2 Å². The van der Waals surface area contributed by atoms with Gasteiger partial charge in [0.05, 0.1) is 0 Å². The Morgan fingerprint density at radius 3 is 1.89 bits per heavy atom. The summed E-state index contributed by atoms with van der Waals surface area (Å²) in [5.74, 6) is 6.34. The van der Waals surface area contributed by atoms with E-state index in [0.717, 1.165) is 18.2 Å². The Hall–Kier alpha value is -2.08. The van der Waals surface area contributed by atoms with Gasteiger partial charge in [0, 0.05) is 18.2 Å². The van der Waals surface area contributed by atoms with Crippen molar-refractivity contribution < 1.29 is 5.11 Å². The zero-order valence-corrected chi connectivity index (χ0v) is 11.8. The molecular weight excluding hydrogens is 234 g/mol. The van der Waals surface area contributed by atoms with Gasteiger partial charge in [-0.25, -0.2) is 0 Å². The normalized spacial score (nSPS) is 8.21. The molecule has 0 heterocycles. The molecule has 2 aromatic carbocycles. The summed E-state index contributed by atoms with van der Waals surface area (Å²) in [5.41, 5.74) is 4.64. The number of hydrogen-bond acceptors (Lipinski definition) is 2. The van der Waals surface area contributed by atoms with Gasteiger partial charge in [-0.3, -0.25) is 0 Å². The van der Waals surface area contributed by atoms with E-state index in [1.807, 2.05) is 12.1 Å². The molecule has 4 N–H and O–H groups in total. The fourth-order valence-corrected chi connectivity index (χ4v) is 1.50. The van der Waals surface area contributed by atoms with Crippen molar-refractivity contribution in [1.29, 1.82) is 0 Å². The number of benzene rings is 2. The van der Waals surface area contributed by atoms with Gasteiger partial charge in [0.25, 0.3) is 0 Å². The van der Waals surface area contributed by atoms with Crippen LogP contribution < -0.4 is 6.15 Å². The highest BCUT2D eigenvalue weighted by Crippen LogP contribution is 2.04. The van der Waals surface area contributed by atoms with Crippen molar-refractivity contribution in [3.05, 3.63) is 70.8 Å². The van der Waals surface area contributed by atoms with E-state index in [-0.39, 0.29) is 6.15 Å². The third-order valence-electron chi connectivity index (χ3n) is 2.42. The first-order chi connectivity index (χ1) is 8.74. The quantitative estimate of drug-likeness (QED) is 0.708. The monoisotopic (exact) mass is 255 g/mol. The van der Waals surface area contributed by atoms with E-state index in [0.29, 0.717) is 0 Å². The molecule has 0 saturated heterocycles. The van der Waals surface area contributed by atoms with Crippen molar-refractivity contribution in [3.63, 3.8) is 0 Å². The lowest BCUT2D eigenvalue weighted by Crippen LogP contribution is -1.78. The molecule has 2 nitrogen and oxygen atoms in total. The molecule has 0 aromatic heterocycles. The molecular formula is C17H21NO. The van der Waals surface area contributed by atoms with Gasteiger partial charge in [0.1, 0.15) is 0 Å². The van der Waals surface area contributed by atoms with Crippen LogP contribution in [-0.2, 0) is 0 Å². The Kier molecular flexibility index (Phi) is 7.95. The van der Waals surface area contributed by atoms with Crippen molar-refractivity contribution in [2.24, 2.45) is 0 Å². The topological polar surface area (TPSA) is 55.2 Å². The number of hydrogen-bond donors (Lipinski definition) is 2. The van der Waals surface area contributed by atoms with Gasteiger partial charge in [0.15, 0.2) is 0 Å². The number of aryl methyl sites for hydroxylation is 2. The minimum Gasteiger partial charge on any atom is -0.400 e. The summed E-state index contributed by atoms with van der Waals surface area (Å²) in [4.78, 5) is 0. The maximum absolute atomic E-state index is 7.00. The molecule has 0 atom stereocenters. The first kappa shape index (κ1) is 16.9. The van der Waals surface area contributed by atoms with Crippen molar-refractivity contribution in [2.75, 3.05) is 7.11 Å². The Bertz CT molecular complexity index is 547. The minimum atomic E-state index is 0. The van der Waals surface area contributed by atoms with Crippen molar-refractivity contribution in [3.8, 4) is 11.8 Å². The SMILES string of the molecule is CO.Cc1ccc(C#Cc2cccc(C)c2)cc1.N. The molecule has 0 saturated carbocycles. The Morgan fingerprint density at radius 1 is 0.737 bits per heavy atom. The molecule has 0 fully saturated rings. The zero-order chi connectivity index (χ0) is 13.4. The lowest BCUT2D eigenvalue weighted by atomic mass is 10.1. The molecule has 0 aliphatic carbocycles. The van der Waals surface area contributed by atoms with Crippen molar-refractivity contribution in [2.45, 2.75) is 13.8 Å². The van der Waals surface area contributed by atoms with Crippen LogP contribution in [0.1, 0.15) is 22.3 Å². The number of aliphatic hydroxyl groups is 1. The molecule has 0 aliphatic heterocycles. The first-order valence-corrected chi connectivity index (χ1v) is 5.84. The lowest BCUT2D eigenvalue weighted by Gasteiger charge is -1.93. The molecule has 19 heavy (non-hydrogen) atoms. The molecule has 0 unspecified atom stereocenters. The van der Waals surface area contributed by atoms with E-state index in [1.54, 1.807) is 0 Å². The van der Waals surface area contributed by atoms with Crippen LogP contribution in [0.2, 0.25) is 0 Å². The fraction of sp³-hybridized carbons (Fsp3) is 0.176. The lowest BCUT2D eigenvalue weighted by molar-refractivity contribution is 0.399. The van der Waals surface area contributed by atoms with Crippen molar-refractivity contribution in [1.82, 2.24) is 6.15 Å². The van der Waals surface area contributed by atoms with Gasteiger partial charge in [-0.15, -0.1) is 0 Å². The summed E-state index contributed by atoms with van der Waals surface area (Å²) >= 11 is 0. The van der Waals surface area contributed by atoms with Gasteiger partial charge >= 0.3 is 0 Å². The first-order valence-electron chi connectivity index (χ1n) is 5.84. The minimum absolute atomic E-state index is 0. The summed E-state index contributed by atoms with van der Waals surface area (Å²) in [7, 11) is 1.00. The van der Waals surface area contributed by atoms with Crippen LogP contribution in [0.5, 0.6) is 0 Å². The largest absolute Gasteiger partial charge is 0.400 e. The molecule has 100 valence electrons. The van der Waals surface area contributed by atoms with Gasteiger partial charge < -0.3 is 11.3 Å². The summed E-state index contributed by atoms with van der Waals surface area (Å²) in [6.07, 6.45) is 0. The van der Waals surface area contributed by atoms with Crippen LogP contribution in [0, 0.1) is 25.7 Å². The summed E-state index contributed by atoms with van der Waals surface area (Å²) in [6.45, 7) is 4.16. The zero-order valence-electron chi connectivity index (χ0n) is 11.8. The predicted octanol–water partition coefficient (Wildman–Crippen LogP) is 3.47. The van der Waals surface area contributed by atoms with Crippen LogP contribution >= 0.6 is 0 Å². The Balaban J connectivity index is 0.00000103. The van der Waals surface area contributed by atoms with Gasteiger partial charge in [-0.1, -0.05) is 41.7 Å². The Labute approximate surface area is 115 Å². The average molecular weight is 255 g/mol. The van der Waals surface area contributed by atoms with Gasteiger partial charge in [-0.05, 0) is 43.7 Å². The molecule has 0 amide bonds. The number of aliphatic hydroxyl groups excluding tert-OH is 1. The van der Waals surface area contributed by atoms with E-state index >= 15 is 0 Å². The maximum Gasteiger partial charge on any atom is 0.0319 e. The highest BCUT2D eigenvalue weighted by Gasteiger charge is 1.88. The predicted molar refractivity (Wildman–Crippen MR) is 81.5 cm³/mol. The second-order valence-electron chi connectivity index (χ2n) is 3.99. The number of rotatable bonds is 0. The van der Waals surface area contributed by atoms with Gasteiger partial charge in [0.2, 0.25) is 0 Å². The van der Waals surface area contributed by atoms with E-state index in [9.17, 15) is 0 Å². The molecule has 0 aliphatic rings. The third kappa shape index (κ3) is 5.87. The van der Waals surface area contributed by atoms with Crippen LogP contribution in [0.25, 0.3) is 0 Å². The molecule has 0 radical (unpaired) electrons. The second kappa shape index (κ2) is 8.93. The smallest absolute Gasteiger partial charge is 0.0319 e. The second-order valence-corrected chi connectivity index (χ2v) is 3.99. The third-order valence-corrected chi connectivity index (χ3v) is 2.42. The summed E-state index contributed by atoms with van der Waals surface area (Å²) < 4.78 is 0. The molecule has 2 heteroatoms. The van der Waals surface area contributed by atoms with Crippen LogP contribution in [0.15, 0.2) is 48.5 Å². The molecule has 0 spiro atoms. The average Bonchev–Trinajstić information content (AvgIpc) is 2.41. The molecule has 2 aromatic rings. The van der Waals surface area contributed by atoms with E-state index in [4.69, 9.17) is 5.11 Å². The summed E-state index contributed by atoms with van der Waals surface area (Å²) in [6, 6.07) is 16.5. The maximum atomic E-state index is 7.00. The van der Waals surface area contributed by atoms with Gasteiger partial charge in [-0.2, -0.15) is 0 Å². The highest BCUT2D eigenvalue weighted by atomic mass is 16.2. The Morgan fingerprint density at radius 2 is 1.32 bits per heavy atom. The standard InChI is InChI=1S/C16H14.CH4O.H3N/c1-13-6-8-15(9-7-13)10-11-16-5-3-4-14(2)12-16;1-2;/h3-9,12H,1-2H3;2H,1H3;1H3.